The Bertz CT molecular complexity index is 577. The van der Waals surface area contributed by atoms with E-state index in [1.54, 1.807) is 11.1 Å². The van der Waals surface area contributed by atoms with Crippen LogP contribution in [0.15, 0.2) is 23.2 Å². The Morgan fingerprint density at radius 3 is 3.30 bits per heavy atom. The van der Waals surface area contributed by atoms with E-state index in [1.165, 1.54) is 6.39 Å². The molecule has 0 radical (unpaired) electrons. The van der Waals surface area contributed by atoms with Gasteiger partial charge >= 0.3 is 0 Å². The van der Waals surface area contributed by atoms with Crippen molar-refractivity contribution in [1.29, 1.82) is 0 Å². The van der Waals surface area contributed by atoms with E-state index in [0.29, 0.717) is 18.8 Å². The number of aromatic nitrogens is 4. The van der Waals surface area contributed by atoms with Gasteiger partial charge in [0, 0.05) is 50.8 Å². The highest BCUT2D eigenvalue weighted by Gasteiger charge is 2.27. The number of hydrogen-bond donors (Lipinski definition) is 0. The van der Waals surface area contributed by atoms with Gasteiger partial charge in [0.25, 0.3) is 0 Å². The third-order valence-electron chi connectivity index (χ3n) is 3.75. The summed E-state index contributed by atoms with van der Waals surface area (Å²) in [6.45, 7) is 1.42. The molecular weight excluding hydrogens is 258 g/mol. The van der Waals surface area contributed by atoms with E-state index in [4.69, 9.17) is 0 Å². The molecule has 0 aliphatic carbocycles. The van der Waals surface area contributed by atoms with Gasteiger partial charge < -0.3 is 9.42 Å². The summed E-state index contributed by atoms with van der Waals surface area (Å²) in [7, 11) is 1.83. The molecule has 7 nitrogen and oxygen atoms in total. The first-order chi connectivity index (χ1) is 9.74. The number of hydrogen-bond acceptors (Lipinski definition) is 5. The van der Waals surface area contributed by atoms with Crippen LogP contribution in [0.25, 0.3) is 0 Å². The summed E-state index contributed by atoms with van der Waals surface area (Å²) in [5.41, 5.74) is 1.14. The molecule has 1 amide bonds. The van der Waals surface area contributed by atoms with E-state index < -0.39 is 0 Å². The first-order valence-corrected chi connectivity index (χ1v) is 6.75. The lowest BCUT2D eigenvalue weighted by molar-refractivity contribution is -0.134. The van der Waals surface area contributed by atoms with E-state index in [2.05, 4.69) is 19.8 Å². The standard InChI is InChI=1S/C13H17N5O2/c1-17(6-4-12-14-9-20-16-12)13(19)10-3-7-18-11(8-10)2-5-15-18/h2,5,9-10H,3-4,6-8H2,1H3. The van der Waals surface area contributed by atoms with Crippen molar-refractivity contribution in [1.82, 2.24) is 24.8 Å². The van der Waals surface area contributed by atoms with Crippen LogP contribution in [-0.4, -0.2) is 44.3 Å². The fourth-order valence-electron chi connectivity index (χ4n) is 2.57. The van der Waals surface area contributed by atoms with Crippen molar-refractivity contribution in [3.8, 4) is 0 Å². The third-order valence-corrected chi connectivity index (χ3v) is 3.75. The van der Waals surface area contributed by atoms with Crippen molar-refractivity contribution >= 4 is 5.91 Å². The zero-order valence-corrected chi connectivity index (χ0v) is 11.4. The van der Waals surface area contributed by atoms with Gasteiger partial charge in [-0.25, -0.2) is 0 Å². The predicted octanol–water partition coefficient (Wildman–Crippen LogP) is 0.530. The lowest BCUT2D eigenvalue weighted by Gasteiger charge is -2.27. The molecule has 0 bridgehead atoms. The lowest BCUT2D eigenvalue weighted by Crippen LogP contribution is -2.38. The normalized spacial score (nSPS) is 17.8. The SMILES string of the molecule is CN(CCc1ncon1)C(=O)C1CCn2nccc2C1. The quantitative estimate of drug-likeness (QED) is 0.813. The fourth-order valence-corrected chi connectivity index (χ4v) is 2.57. The minimum absolute atomic E-state index is 0.0504. The van der Waals surface area contributed by atoms with E-state index >= 15 is 0 Å². The number of likely N-dealkylation sites (N-methyl/N-ethyl adjacent to an activating group) is 1. The summed E-state index contributed by atoms with van der Waals surface area (Å²) < 4.78 is 6.65. The Balaban J connectivity index is 1.56. The fraction of sp³-hybridized carbons (Fsp3) is 0.538. The first-order valence-electron chi connectivity index (χ1n) is 6.75. The van der Waals surface area contributed by atoms with Crippen molar-refractivity contribution in [2.24, 2.45) is 5.92 Å². The first kappa shape index (κ1) is 12.8. The number of aryl methyl sites for hydroxylation is 1. The highest BCUT2D eigenvalue weighted by atomic mass is 16.5. The number of carbonyl (C=O) groups is 1. The Labute approximate surface area is 116 Å². The van der Waals surface area contributed by atoms with Gasteiger partial charge in [0.2, 0.25) is 12.3 Å². The van der Waals surface area contributed by atoms with Crippen LogP contribution in [0.5, 0.6) is 0 Å². The maximum absolute atomic E-state index is 12.4. The summed E-state index contributed by atoms with van der Waals surface area (Å²) in [4.78, 5) is 18.1. The van der Waals surface area contributed by atoms with Crippen LogP contribution in [0.2, 0.25) is 0 Å². The molecule has 0 aromatic carbocycles. The topological polar surface area (TPSA) is 77.0 Å². The molecule has 1 unspecified atom stereocenters. The van der Waals surface area contributed by atoms with Crippen LogP contribution in [-0.2, 0) is 24.2 Å². The molecule has 1 atom stereocenters. The Hall–Kier alpha value is -2.18. The van der Waals surface area contributed by atoms with Gasteiger partial charge in [-0.3, -0.25) is 9.48 Å². The number of amides is 1. The van der Waals surface area contributed by atoms with Gasteiger partial charge in [0.05, 0.1) is 0 Å². The van der Waals surface area contributed by atoms with Gasteiger partial charge in [0.1, 0.15) is 0 Å². The molecule has 2 aromatic rings. The molecule has 0 fully saturated rings. The number of nitrogens with zero attached hydrogens (tertiary/aromatic N) is 5. The van der Waals surface area contributed by atoms with Crippen LogP contribution < -0.4 is 0 Å². The molecule has 2 aromatic heterocycles. The lowest BCUT2D eigenvalue weighted by atomic mass is 9.95. The zero-order chi connectivity index (χ0) is 13.9. The summed E-state index contributed by atoms with van der Waals surface area (Å²) in [5, 5.41) is 7.98. The molecule has 20 heavy (non-hydrogen) atoms. The Kier molecular flexibility index (Phi) is 3.49. The van der Waals surface area contributed by atoms with Crippen molar-refractivity contribution in [2.75, 3.05) is 13.6 Å². The number of carbonyl (C=O) groups excluding carboxylic acids is 1. The number of rotatable bonds is 4. The predicted molar refractivity (Wildman–Crippen MR) is 69.7 cm³/mol. The maximum atomic E-state index is 12.4. The summed E-state index contributed by atoms with van der Waals surface area (Å²) in [6.07, 6.45) is 5.33. The van der Waals surface area contributed by atoms with Crippen molar-refractivity contribution in [2.45, 2.75) is 25.8 Å². The summed E-state index contributed by atoms with van der Waals surface area (Å²) in [5.74, 6) is 0.863. The van der Waals surface area contributed by atoms with E-state index in [0.717, 1.165) is 25.1 Å². The van der Waals surface area contributed by atoms with Crippen molar-refractivity contribution < 1.29 is 9.32 Å². The maximum Gasteiger partial charge on any atom is 0.225 e. The molecule has 3 heterocycles. The monoisotopic (exact) mass is 275 g/mol. The third kappa shape index (κ3) is 2.56. The molecule has 106 valence electrons. The van der Waals surface area contributed by atoms with Crippen molar-refractivity contribution in [3.05, 3.63) is 30.2 Å². The second-order valence-electron chi connectivity index (χ2n) is 5.09. The Morgan fingerprint density at radius 1 is 1.60 bits per heavy atom. The van der Waals surface area contributed by atoms with Gasteiger partial charge in [0.15, 0.2) is 5.82 Å². The van der Waals surface area contributed by atoms with E-state index in [-0.39, 0.29) is 11.8 Å². The molecule has 0 spiro atoms. The van der Waals surface area contributed by atoms with Gasteiger partial charge in [-0.1, -0.05) is 5.16 Å². The smallest absolute Gasteiger partial charge is 0.225 e. The minimum atomic E-state index is 0.0504. The summed E-state index contributed by atoms with van der Waals surface area (Å²) >= 11 is 0. The zero-order valence-electron chi connectivity index (χ0n) is 11.4. The van der Waals surface area contributed by atoms with Crippen LogP contribution >= 0.6 is 0 Å². The second kappa shape index (κ2) is 5.44. The Morgan fingerprint density at radius 2 is 2.50 bits per heavy atom. The van der Waals surface area contributed by atoms with E-state index in [9.17, 15) is 4.79 Å². The molecule has 1 aliphatic rings. The van der Waals surface area contributed by atoms with Gasteiger partial charge in [-0.05, 0) is 12.5 Å². The highest BCUT2D eigenvalue weighted by Crippen LogP contribution is 2.21. The van der Waals surface area contributed by atoms with Crippen LogP contribution in [0, 0.1) is 5.92 Å². The molecule has 1 aliphatic heterocycles. The average Bonchev–Trinajstić information content (AvgIpc) is 3.13. The summed E-state index contributed by atoms with van der Waals surface area (Å²) in [6, 6.07) is 1.98. The van der Waals surface area contributed by atoms with Gasteiger partial charge in [-0.15, -0.1) is 0 Å². The molecule has 3 rings (SSSR count). The molecule has 0 N–H and O–H groups in total. The van der Waals surface area contributed by atoms with Gasteiger partial charge in [-0.2, -0.15) is 10.1 Å². The largest absolute Gasteiger partial charge is 0.345 e. The van der Waals surface area contributed by atoms with Crippen LogP contribution in [0.1, 0.15) is 17.9 Å². The minimum Gasteiger partial charge on any atom is -0.345 e. The highest BCUT2D eigenvalue weighted by molar-refractivity contribution is 5.79. The average molecular weight is 275 g/mol. The number of fused-ring (bicyclic) bond motifs is 1. The second-order valence-corrected chi connectivity index (χ2v) is 5.09. The van der Waals surface area contributed by atoms with Crippen LogP contribution in [0.3, 0.4) is 0 Å². The van der Waals surface area contributed by atoms with E-state index in [1.807, 2.05) is 17.8 Å². The molecule has 0 saturated carbocycles. The molecular formula is C13H17N5O2. The van der Waals surface area contributed by atoms with Crippen molar-refractivity contribution in [3.63, 3.8) is 0 Å². The molecule has 7 heteroatoms. The van der Waals surface area contributed by atoms with Crippen LogP contribution in [0.4, 0.5) is 0 Å². The molecule has 0 saturated heterocycles.